The largest absolute Gasteiger partial charge is 0.493 e. The minimum absolute atomic E-state index is 0.00137. The summed E-state index contributed by atoms with van der Waals surface area (Å²) >= 11 is 2.13. The molecule has 0 bridgehead atoms. The van der Waals surface area contributed by atoms with E-state index in [9.17, 15) is 10.1 Å². The first kappa shape index (κ1) is 21.5. The van der Waals surface area contributed by atoms with Crippen LogP contribution in [0.2, 0.25) is 0 Å². The van der Waals surface area contributed by atoms with Crippen molar-refractivity contribution in [3.05, 3.63) is 68.8 Å². The Bertz CT molecular complexity index is 974. The highest BCUT2D eigenvalue weighted by molar-refractivity contribution is 14.1. The van der Waals surface area contributed by atoms with Gasteiger partial charge < -0.3 is 14.8 Å². The lowest BCUT2D eigenvalue weighted by molar-refractivity contribution is -0.112. The quantitative estimate of drug-likeness (QED) is 0.257. The molecule has 2 rings (SSSR count). The number of aryl methyl sites for hydroxylation is 2. The molecule has 0 spiro atoms. The van der Waals surface area contributed by atoms with E-state index in [4.69, 9.17) is 9.47 Å². The predicted octanol–water partition coefficient (Wildman–Crippen LogP) is 5.03. The topological polar surface area (TPSA) is 71.3 Å². The lowest BCUT2D eigenvalue weighted by atomic mass is 10.1. The second kappa shape index (κ2) is 9.95. The number of nitrogens with one attached hydrogen (secondary N) is 1. The molecule has 0 fully saturated rings. The van der Waals surface area contributed by atoms with Gasteiger partial charge in [-0.2, -0.15) is 5.26 Å². The van der Waals surface area contributed by atoms with Crippen molar-refractivity contribution in [3.8, 4) is 17.6 Å². The summed E-state index contributed by atoms with van der Waals surface area (Å²) in [7, 11) is 1.54. The number of ether oxygens (including phenoxy) is 2. The molecule has 0 unspecified atom stereocenters. The summed E-state index contributed by atoms with van der Waals surface area (Å²) < 4.78 is 11.8. The third-order valence-electron chi connectivity index (χ3n) is 3.91. The summed E-state index contributed by atoms with van der Waals surface area (Å²) in [5.74, 6) is 0.655. The van der Waals surface area contributed by atoms with Crippen LogP contribution in [0.15, 0.2) is 48.6 Å². The van der Waals surface area contributed by atoms with Gasteiger partial charge in [-0.15, -0.1) is 0 Å². The number of nitriles is 1. The number of amides is 1. The molecule has 5 nitrogen and oxygen atoms in total. The van der Waals surface area contributed by atoms with Crippen LogP contribution in [0.25, 0.3) is 6.08 Å². The highest BCUT2D eigenvalue weighted by Crippen LogP contribution is 2.34. The van der Waals surface area contributed by atoms with Crippen molar-refractivity contribution in [2.75, 3.05) is 19.0 Å². The van der Waals surface area contributed by atoms with Gasteiger partial charge in [-0.3, -0.25) is 4.79 Å². The fraction of sp³-hybridized carbons (Fsp3) is 0.182. The molecule has 0 aliphatic heterocycles. The Kier molecular flexibility index (Phi) is 7.64. The summed E-state index contributed by atoms with van der Waals surface area (Å²) in [6.45, 7) is 7.83. The smallest absolute Gasteiger partial charge is 0.266 e. The molecule has 0 saturated heterocycles. The van der Waals surface area contributed by atoms with Crippen molar-refractivity contribution in [2.24, 2.45) is 0 Å². The highest BCUT2D eigenvalue weighted by Gasteiger charge is 2.14. The van der Waals surface area contributed by atoms with E-state index in [0.717, 1.165) is 14.7 Å². The monoisotopic (exact) mass is 488 g/mol. The molecule has 28 heavy (non-hydrogen) atoms. The molecule has 2 aromatic carbocycles. The molecule has 0 radical (unpaired) electrons. The van der Waals surface area contributed by atoms with Gasteiger partial charge in [0, 0.05) is 5.69 Å². The number of nitrogens with zero attached hydrogens (tertiary/aromatic N) is 1. The van der Waals surface area contributed by atoms with E-state index in [-0.39, 0.29) is 5.57 Å². The number of anilines is 1. The van der Waals surface area contributed by atoms with Gasteiger partial charge in [-0.1, -0.05) is 24.8 Å². The van der Waals surface area contributed by atoms with E-state index in [1.165, 1.54) is 13.2 Å². The van der Waals surface area contributed by atoms with Crippen LogP contribution in [0, 0.1) is 28.7 Å². The normalized spacial score (nSPS) is 10.8. The van der Waals surface area contributed by atoms with Crippen LogP contribution in [0.5, 0.6) is 11.5 Å². The Morgan fingerprint density at radius 1 is 1.32 bits per heavy atom. The fourth-order valence-corrected chi connectivity index (χ4v) is 3.26. The van der Waals surface area contributed by atoms with Crippen LogP contribution in [0.1, 0.15) is 16.7 Å². The number of carbonyl (C=O) groups is 1. The van der Waals surface area contributed by atoms with Crippen LogP contribution in [0.4, 0.5) is 5.69 Å². The summed E-state index contributed by atoms with van der Waals surface area (Å²) in [4.78, 5) is 12.6. The van der Waals surface area contributed by atoms with Crippen LogP contribution < -0.4 is 14.8 Å². The number of halogens is 1. The van der Waals surface area contributed by atoms with E-state index < -0.39 is 5.91 Å². The average Bonchev–Trinajstić information content (AvgIpc) is 2.67. The minimum atomic E-state index is -0.461. The fourth-order valence-electron chi connectivity index (χ4n) is 2.48. The summed E-state index contributed by atoms with van der Waals surface area (Å²) in [5, 5.41) is 12.3. The Labute approximate surface area is 178 Å². The van der Waals surface area contributed by atoms with Crippen molar-refractivity contribution < 1.29 is 14.3 Å². The van der Waals surface area contributed by atoms with Gasteiger partial charge >= 0.3 is 0 Å². The molecule has 0 saturated carbocycles. The van der Waals surface area contributed by atoms with Gasteiger partial charge in [0.1, 0.15) is 18.2 Å². The van der Waals surface area contributed by atoms with E-state index in [0.29, 0.717) is 29.4 Å². The number of benzene rings is 2. The summed E-state index contributed by atoms with van der Waals surface area (Å²) in [6.07, 6.45) is 3.18. The molecule has 144 valence electrons. The number of methoxy groups -OCH3 is 1. The lowest BCUT2D eigenvalue weighted by Gasteiger charge is -2.13. The number of carbonyl (C=O) groups excluding carboxylic acids is 1. The van der Waals surface area contributed by atoms with Gasteiger partial charge in [-0.25, -0.2) is 0 Å². The average molecular weight is 488 g/mol. The Balaban J connectivity index is 2.34. The lowest BCUT2D eigenvalue weighted by Crippen LogP contribution is -2.14. The molecule has 1 amide bonds. The Morgan fingerprint density at radius 2 is 2.07 bits per heavy atom. The zero-order valence-corrected chi connectivity index (χ0v) is 18.2. The molecule has 1 N–H and O–H groups in total. The molecule has 0 aromatic heterocycles. The first-order valence-electron chi connectivity index (χ1n) is 8.51. The second-order valence-corrected chi connectivity index (χ2v) is 7.24. The molecule has 0 aliphatic carbocycles. The van der Waals surface area contributed by atoms with Crippen molar-refractivity contribution in [2.45, 2.75) is 13.8 Å². The van der Waals surface area contributed by atoms with Crippen molar-refractivity contribution in [1.29, 1.82) is 5.26 Å². The number of rotatable bonds is 7. The second-order valence-electron chi connectivity index (χ2n) is 6.08. The SMILES string of the molecule is C=CCOc1c(I)cc(/C=C(/C#N)C(=O)Nc2cc(C)ccc2C)cc1OC. The molecule has 0 heterocycles. The standard InChI is InChI=1S/C22H21IN2O3/c1-5-8-28-21-18(23)11-16(12-20(21)27-4)10-17(13-24)22(26)25-19-9-14(2)6-7-15(19)3/h5-7,9-12H,1,8H2,2-4H3,(H,25,26)/b17-10-. The zero-order chi connectivity index (χ0) is 20.7. The molecule has 0 aliphatic rings. The predicted molar refractivity (Wildman–Crippen MR) is 120 cm³/mol. The molecular weight excluding hydrogens is 467 g/mol. The van der Waals surface area contributed by atoms with Gasteiger partial charge in [0.2, 0.25) is 0 Å². The molecule has 0 atom stereocenters. The van der Waals surface area contributed by atoms with E-state index >= 15 is 0 Å². The van der Waals surface area contributed by atoms with Crippen molar-refractivity contribution in [3.63, 3.8) is 0 Å². The third-order valence-corrected chi connectivity index (χ3v) is 4.72. The van der Waals surface area contributed by atoms with Crippen LogP contribution in [-0.2, 0) is 4.79 Å². The maximum Gasteiger partial charge on any atom is 0.266 e. The van der Waals surface area contributed by atoms with E-state index in [1.54, 1.807) is 12.1 Å². The minimum Gasteiger partial charge on any atom is -0.493 e. The van der Waals surface area contributed by atoms with Gasteiger partial charge in [0.25, 0.3) is 5.91 Å². The maximum atomic E-state index is 12.6. The van der Waals surface area contributed by atoms with Crippen LogP contribution in [0.3, 0.4) is 0 Å². The Hall–Kier alpha value is -2.79. The van der Waals surface area contributed by atoms with Crippen molar-refractivity contribution in [1.82, 2.24) is 0 Å². The zero-order valence-electron chi connectivity index (χ0n) is 16.0. The number of hydrogen-bond donors (Lipinski definition) is 1. The van der Waals surface area contributed by atoms with Crippen molar-refractivity contribution >= 4 is 40.3 Å². The first-order chi connectivity index (χ1) is 13.4. The maximum absolute atomic E-state index is 12.6. The summed E-state index contributed by atoms with van der Waals surface area (Å²) in [5.41, 5.74) is 3.30. The summed E-state index contributed by atoms with van der Waals surface area (Å²) in [6, 6.07) is 11.3. The van der Waals surface area contributed by atoms with Crippen LogP contribution in [-0.4, -0.2) is 19.6 Å². The molecular formula is C22H21IN2O3. The molecule has 2 aromatic rings. The molecule has 6 heteroatoms. The van der Waals surface area contributed by atoms with Gasteiger partial charge in [-0.05, 0) is 77.4 Å². The number of hydrogen-bond acceptors (Lipinski definition) is 4. The van der Waals surface area contributed by atoms with E-state index in [2.05, 4.69) is 34.5 Å². The van der Waals surface area contributed by atoms with E-state index in [1.807, 2.05) is 44.2 Å². The van der Waals surface area contributed by atoms with Crippen LogP contribution >= 0.6 is 22.6 Å². The first-order valence-corrected chi connectivity index (χ1v) is 9.59. The Morgan fingerprint density at radius 3 is 2.71 bits per heavy atom. The van der Waals surface area contributed by atoms with Gasteiger partial charge in [0.15, 0.2) is 11.5 Å². The highest BCUT2D eigenvalue weighted by atomic mass is 127. The third kappa shape index (κ3) is 5.36. The van der Waals surface area contributed by atoms with Gasteiger partial charge in [0.05, 0.1) is 10.7 Å².